The zero-order chi connectivity index (χ0) is 19.3. The van der Waals surface area contributed by atoms with E-state index in [0.29, 0.717) is 11.1 Å². The van der Waals surface area contributed by atoms with Gasteiger partial charge in [-0.05, 0) is 32.9 Å². The van der Waals surface area contributed by atoms with Crippen molar-refractivity contribution in [2.24, 2.45) is 0 Å². The third-order valence-electron chi connectivity index (χ3n) is 3.45. The SMILES string of the molecule is CC(C)(C)OC(=O)NCCOC(=O)CCN1C(=O)c2ccccc2C1=O. The number of nitrogens with one attached hydrogen (secondary N) is 1. The Hall–Kier alpha value is -2.90. The standard InChI is InChI=1S/C18H22N2O6/c1-18(2,3)26-17(24)19-9-11-25-14(21)8-10-20-15(22)12-6-4-5-7-13(12)16(20)23/h4-7H,8-11H2,1-3H3,(H,19,24). The van der Waals surface area contributed by atoms with Crippen molar-refractivity contribution >= 4 is 23.9 Å². The third kappa shape index (κ3) is 5.05. The Morgan fingerprint density at radius 1 is 1.08 bits per heavy atom. The minimum atomic E-state index is -0.604. The molecule has 0 radical (unpaired) electrons. The number of carbonyl (C=O) groups is 4. The van der Waals surface area contributed by atoms with Gasteiger partial charge in [-0.2, -0.15) is 0 Å². The van der Waals surface area contributed by atoms with Gasteiger partial charge in [0.1, 0.15) is 12.2 Å². The first kappa shape index (κ1) is 19.4. The first-order chi connectivity index (χ1) is 12.2. The van der Waals surface area contributed by atoms with Gasteiger partial charge in [0.15, 0.2) is 0 Å². The van der Waals surface area contributed by atoms with E-state index in [1.165, 1.54) is 0 Å². The lowest BCUT2D eigenvalue weighted by atomic mass is 10.1. The van der Waals surface area contributed by atoms with Crippen LogP contribution in [0.3, 0.4) is 0 Å². The highest BCUT2D eigenvalue weighted by molar-refractivity contribution is 6.21. The number of ether oxygens (including phenoxy) is 2. The molecule has 26 heavy (non-hydrogen) atoms. The van der Waals surface area contributed by atoms with E-state index in [2.05, 4.69) is 5.32 Å². The van der Waals surface area contributed by atoms with E-state index >= 15 is 0 Å². The summed E-state index contributed by atoms with van der Waals surface area (Å²) >= 11 is 0. The Morgan fingerprint density at radius 2 is 1.65 bits per heavy atom. The summed E-state index contributed by atoms with van der Waals surface area (Å²) in [4.78, 5) is 48.5. The number of rotatable bonds is 6. The normalized spacial score (nSPS) is 13.4. The first-order valence-corrected chi connectivity index (χ1v) is 8.27. The predicted octanol–water partition coefficient (Wildman–Crippen LogP) is 1.74. The van der Waals surface area contributed by atoms with E-state index in [9.17, 15) is 19.2 Å². The van der Waals surface area contributed by atoms with Gasteiger partial charge in [-0.15, -0.1) is 0 Å². The van der Waals surface area contributed by atoms with Crippen LogP contribution in [0, 0.1) is 0 Å². The first-order valence-electron chi connectivity index (χ1n) is 8.27. The number of imide groups is 1. The minimum absolute atomic E-state index is 0.0276. The van der Waals surface area contributed by atoms with Crippen LogP contribution in [0.1, 0.15) is 47.9 Å². The molecule has 0 atom stereocenters. The van der Waals surface area contributed by atoms with Gasteiger partial charge in [-0.25, -0.2) is 4.79 Å². The average molecular weight is 362 g/mol. The molecule has 0 aliphatic carbocycles. The zero-order valence-electron chi connectivity index (χ0n) is 15.0. The molecule has 0 unspecified atom stereocenters. The van der Waals surface area contributed by atoms with Crippen molar-refractivity contribution in [3.8, 4) is 0 Å². The van der Waals surface area contributed by atoms with Gasteiger partial charge in [-0.3, -0.25) is 19.3 Å². The van der Waals surface area contributed by atoms with Crippen LogP contribution in [0.2, 0.25) is 0 Å². The molecule has 0 saturated carbocycles. The number of esters is 1. The minimum Gasteiger partial charge on any atom is -0.464 e. The van der Waals surface area contributed by atoms with Crippen LogP contribution in [0.25, 0.3) is 0 Å². The maximum atomic E-state index is 12.2. The van der Waals surface area contributed by atoms with Gasteiger partial charge in [0, 0.05) is 6.54 Å². The Bertz CT molecular complexity index is 688. The Kier molecular flexibility index (Phi) is 5.97. The lowest BCUT2D eigenvalue weighted by Gasteiger charge is -2.19. The highest BCUT2D eigenvalue weighted by Gasteiger charge is 2.35. The molecular weight excluding hydrogens is 340 g/mol. The van der Waals surface area contributed by atoms with Gasteiger partial charge in [0.2, 0.25) is 0 Å². The number of hydrogen-bond donors (Lipinski definition) is 1. The maximum Gasteiger partial charge on any atom is 0.407 e. The molecule has 0 saturated heterocycles. The van der Waals surface area contributed by atoms with Crippen molar-refractivity contribution in [2.45, 2.75) is 32.8 Å². The largest absolute Gasteiger partial charge is 0.464 e. The third-order valence-corrected chi connectivity index (χ3v) is 3.45. The summed E-state index contributed by atoms with van der Waals surface area (Å²) in [6.45, 7) is 5.25. The second-order valence-electron chi connectivity index (χ2n) is 6.71. The topological polar surface area (TPSA) is 102 Å². The molecule has 0 fully saturated rings. The van der Waals surface area contributed by atoms with E-state index in [1.807, 2.05) is 0 Å². The smallest absolute Gasteiger partial charge is 0.407 e. The van der Waals surface area contributed by atoms with Crippen molar-refractivity contribution in [3.63, 3.8) is 0 Å². The fourth-order valence-electron chi connectivity index (χ4n) is 2.35. The fraction of sp³-hybridized carbons (Fsp3) is 0.444. The Morgan fingerprint density at radius 3 is 2.19 bits per heavy atom. The van der Waals surface area contributed by atoms with Gasteiger partial charge < -0.3 is 14.8 Å². The van der Waals surface area contributed by atoms with E-state index in [1.54, 1.807) is 45.0 Å². The molecule has 0 bridgehead atoms. The fourth-order valence-corrected chi connectivity index (χ4v) is 2.35. The molecule has 140 valence electrons. The van der Waals surface area contributed by atoms with E-state index in [0.717, 1.165) is 4.90 Å². The van der Waals surface area contributed by atoms with Gasteiger partial charge >= 0.3 is 12.1 Å². The second kappa shape index (κ2) is 7.99. The highest BCUT2D eigenvalue weighted by Crippen LogP contribution is 2.22. The molecule has 1 N–H and O–H groups in total. The predicted molar refractivity (Wildman–Crippen MR) is 91.6 cm³/mol. The van der Waals surface area contributed by atoms with Crippen LogP contribution in [0.15, 0.2) is 24.3 Å². The highest BCUT2D eigenvalue weighted by atomic mass is 16.6. The molecule has 2 rings (SSSR count). The molecule has 0 aromatic heterocycles. The lowest BCUT2D eigenvalue weighted by Crippen LogP contribution is -2.35. The number of alkyl carbamates (subject to hydrolysis) is 1. The molecule has 1 aliphatic rings. The monoisotopic (exact) mass is 362 g/mol. The molecule has 8 heteroatoms. The van der Waals surface area contributed by atoms with Crippen molar-refractivity contribution in [1.29, 1.82) is 0 Å². The summed E-state index contributed by atoms with van der Waals surface area (Å²) in [7, 11) is 0. The van der Waals surface area contributed by atoms with Crippen LogP contribution in [-0.2, 0) is 14.3 Å². The summed E-state index contributed by atoms with van der Waals surface area (Å²) in [5.41, 5.74) is 0.0764. The number of nitrogens with zero attached hydrogens (tertiary/aromatic N) is 1. The molecule has 1 aromatic carbocycles. The number of benzene rings is 1. The number of amides is 3. The van der Waals surface area contributed by atoms with Crippen LogP contribution in [-0.4, -0.2) is 54.1 Å². The van der Waals surface area contributed by atoms with Crippen LogP contribution in [0.4, 0.5) is 4.79 Å². The van der Waals surface area contributed by atoms with Crippen LogP contribution >= 0.6 is 0 Å². The molecular formula is C18H22N2O6. The van der Waals surface area contributed by atoms with Crippen LogP contribution in [0.5, 0.6) is 0 Å². The van der Waals surface area contributed by atoms with E-state index < -0.39 is 29.5 Å². The Balaban J connectivity index is 1.69. The van der Waals surface area contributed by atoms with Crippen molar-refractivity contribution in [2.75, 3.05) is 19.7 Å². The van der Waals surface area contributed by atoms with Gasteiger partial charge in [0.25, 0.3) is 11.8 Å². The quantitative estimate of drug-likeness (QED) is 0.470. The maximum absolute atomic E-state index is 12.2. The van der Waals surface area contributed by atoms with Crippen LogP contribution < -0.4 is 5.32 Å². The van der Waals surface area contributed by atoms with Gasteiger partial charge in [-0.1, -0.05) is 12.1 Å². The van der Waals surface area contributed by atoms with Crippen molar-refractivity contribution < 1.29 is 28.7 Å². The molecule has 1 aliphatic heterocycles. The van der Waals surface area contributed by atoms with Crippen molar-refractivity contribution in [3.05, 3.63) is 35.4 Å². The summed E-state index contributed by atoms with van der Waals surface area (Å²) in [6, 6.07) is 6.52. The number of carbonyl (C=O) groups excluding carboxylic acids is 4. The summed E-state index contributed by atoms with van der Waals surface area (Å²) in [5, 5.41) is 2.46. The number of fused-ring (bicyclic) bond motifs is 1. The van der Waals surface area contributed by atoms with E-state index in [-0.39, 0.29) is 26.1 Å². The number of hydrogen-bond acceptors (Lipinski definition) is 6. The summed E-state index contributed by atoms with van der Waals surface area (Å²) in [5.74, 6) is -1.39. The summed E-state index contributed by atoms with van der Waals surface area (Å²) in [6.07, 6.45) is -0.711. The van der Waals surface area contributed by atoms with Crippen molar-refractivity contribution in [1.82, 2.24) is 10.2 Å². The van der Waals surface area contributed by atoms with Gasteiger partial charge in [0.05, 0.1) is 24.1 Å². The molecule has 3 amide bonds. The average Bonchev–Trinajstić information content (AvgIpc) is 2.80. The summed E-state index contributed by atoms with van der Waals surface area (Å²) < 4.78 is 10.0. The van der Waals surface area contributed by atoms with E-state index in [4.69, 9.17) is 9.47 Å². The molecule has 1 aromatic rings. The molecule has 0 spiro atoms. The molecule has 1 heterocycles. The lowest BCUT2D eigenvalue weighted by molar-refractivity contribution is -0.143. The zero-order valence-corrected chi connectivity index (χ0v) is 15.0. The second-order valence-corrected chi connectivity index (χ2v) is 6.71. The Labute approximate surface area is 151 Å². The molecule has 8 nitrogen and oxygen atoms in total.